The van der Waals surface area contributed by atoms with E-state index in [4.69, 9.17) is 4.74 Å². The Bertz CT molecular complexity index is 165. The Hall–Kier alpha value is -0.0200. The van der Waals surface area contributed by atoms with Gasteiger partial charge in [-0.15, -0.1) is 0 Å². The maximum atomic E-state index is 11.6. The Labute approximate surface area is 89.7 Å². The van der Waals surface area contributed by atoms with Crippen molar-refractivity contribution in [3.05, 3.63) is 0 Å². The molecule has 0 amide bonds. The van der Waals surface area contributed by atoms with Gasteiger partial charge in [0.2, 0.25) is 0 Å². The molecule has 1 fully saturated rings. The fraction of sp³-hybridized carbons (Fsp3) is 0.909. The molecule has 1 rings (SSSR count). The van der Waals surface area contributed by atoms with Gasteiger partial charge in [-0.25, -0.2) is 0 Å². The number of rotatable bonds is 6. The average Bonchev–Trinajstić information content (AvgIpc) is 2.20. The number of hydrogen-bond donors (Lipinski definition) is 0. The predicted octanol–water partition coefficient (Wildman–Crippen LogP) is 1.78. The molecule has 0 spiro atoms. The number of hydrogen-bond acceptors (Lipinski definition) is 2. The van der Waals surface area contributed by atoms with Crippen LogP contribution in [0.15, 0.2) is 0 Å². The van der Waals surface area contributed by atoms with Crippen LogP contribution in [0.25, 0.3) is 0 Å². The first kappa shape index (κ1) is 12.1. The molecular weight excluding hydrogens is 196 g/mol. The zero-order chi connectivity index (χ0) is 10.2. The maximum Gasteiger partial charge on any atom is 0.181 e. The van der Waals surface area contributed by atoms with Gasteiger partial charge in [-0.2, -0.15) is 0 Å². The first-order valence-electron chi connectivity index (χ1n) is 5.56. The summed E-state index contributed by atoms with van der Waals surface area (Å²) < 4.78 is 5.28. The molecule has 0 saturated carbocycles. The molecule has 1 aliphatic heterocycles. The van der Waals surface area contributed by atoms with E-state index in [0.29, 0.717) is 16.7 Å². The summed E-state index contributed by atoms with van der Waals surface area (Å²) in [4.78, 5) is 11.6. The SMILES string of the molecule is CCCCCC(=O)C[S+]1CCOCC1. The van der Waals surface area contributed by atoms with E-state index in [1.54, 1.807) is 0 Å². The summed E-state index contributed by atoms with van der Waals surface area (Å²) in [6.07, 6.45) is 4.29. The van der Waals surface area contributed by atoms with Crippen molar-refractivity contribution in [2.75, 3.05) is 30.5 Å². The molecular formula is C11H21O2S+. The molecule has 0 aromatic heterocycles. The Morgan fingerprint density at radius 2 is 2.00 bits per heavy atom. The van der Waals surface area contributed by atoms with Gasteiger partial charge in [-0.1, -0.05) is 19.8 Å². The van der Waals surface area contributed by atoms with Crippen molar-refractivity contribution in [1.29, 1.82) is 0 Å². The van der Waals surface area contributed by atoms with Crippen LogP contribution >= 0.6 is 0 Å². The van der Waals surface area contributed by atoms with E-state index in [0.717, 1.165) is 43.3 Å². The Kier molecular flexibility index (Phi) is 6.28. The van der Waals surface area contributed by atoms with Gasteiger partial charge in [0.15, 0.2) is 11.5 Å². The second-order valence-electron chi connectivity index (χ2n) is 3.77. The van der Waals surface area contributed by atoms with E-state index in [1.807, 2.05) is 0 Å². The molecule has 0 aromatic rings. The molecule has 1 saturated heterocycles. The Morgan fingerprint density at radius 3 is 2.64 bits per heavy atom. The quantitative estimate of drug-likeness (QED) is 0.501. The predicted molar refractivity (Wildman–Crippen MR) is 61.9 cm³/mol. The minimum atomic E-state index is 0.345. The van der Waals surface area contributed by atoms with Gasteiger partial charge in [0, 0.05) is 6.42 Å². The van der Waals surface area contributed by atoms with Crippen molar-refractivity contribution in [2.45, 2.75) is 32.6 Å². The Morgan fingerprint density at radius 1 is 1.29 bits per heavy atom. The van der Waals surface area contributed by atoms with Gasteiger partial charge >= 0.3 is 0 Å². The number of carbonyl (C=O) groups excluding carboxylic acids is 1. The molecule has 3 heteroatoms. The minimum Gasteiger partial charge on any atom is -0.372 e. The molecule has 0 radical (unpaired) electrons. The van der Waals surface area contributed by atoms with Crippen LogP contribution in [0, 0.1) is 0 Å². The fourth-order valence-electron chi connectivity index (χ4n) is 1.57. The molecule has 0 aliphatic carbocycles. The highest BCUT2D eigenvalue weighted by molar-refractivity contribution is 7.97. The summed E-state index contributed by atoms with van der Waals surface area (Å²) in [7, 11) is 0.345. The highest BCUT2D eigenvalue weighted by atomic mass is 32.2. The Balaban J connectivity index is 2.06. The molecule has 82 valence electrons. The highest BCUT2D eigenvalue weighted by Crippen LogP contribution is 2.07. The van der Waals surface area contributed by atoms with Crippen LogP contribution in [-0.4, -0.2) is 36.3 Å². The third kappa shape index (κ3) is 5.01. The van der Waals surface area contributed by atoms with Crippen LogP contribution in [0.1, 0.15) is 32.6 Å². The van der Waals surface area contributed by atoms with E-state index in [-0.39, 0.29) is 0 Å². The van der Waals surface area contributed by atoms with Crippen LogP contribution in [0.2, 0.25) is 0 Å². The maximum absolute atomic E-state index is 11.6. The van der Waals surface area contributed by atoms with Crippen molar-refractivity contribution in [2.24, 2.45) is 0 Å². The molecule has 14 heavy (non-hydrogen) atoms. The smallest absolute Gasteiger partial charge is 0.181 e. The van der Waals surface area contributed by atoms with Crippen molar-refractivity contribution < 1.29 is 9.53 Å². The van der Waals surface area contributed by atoms with Gasteiger partial charge in [-0.05, 0) is 17.3 Å². The molecule has 1 aliphatic rings. The molecule has 0 N–H and O–H groups in total. The first-order valence-corrected chi connectivity index (χ1v) is 7.29. The lowest BCUT2D eigenvalue weighted by Crippen LogP contribution is -2.31. The monoisotopic (exact) mass is 217 g/mol. The summed E-state index contributed by atoms with van der Waals surface area (Å²) in [6.45, 7) is 3.90. The summed E-state index contributed by atoms with van der Waals surface area (Å²) >= 11 is 0. The van der Waals surface area contributed by atoms with Crippen LogP contribution in [0.4, 0.5) is 0 Å². The van der Waals surface area contributed by atoms with E-state index in [1.165, 1.54) is 12.8 Å². The second kappa shape index (κ2) is 7.30. The molecule has 1 heterocycles. The molecule has 2 nitrogen and oxygen atoms in total. The van der Waals surface area contributed by atoms with Crippen LogP contribution < -0.4 is 0 Å². The topological polar surface area (TPSA) is 26.3 Å². The van der Waals surface area contributed by atoms with Crippen molar-refractivity contribution in [1.82, 2.24) is 0 Å². The van der Waals surface area contributed by atoms with E-state index in [2.05, 4.69) is 6.92 Å². The number of carbonyl (C=O) groups is 1. The molecule has 0 aromatic carbocycles. The van der Waals surface area contributed by atoms with Gasteiger partial charge in [0.05, 0.1) is 13.2 Å². The number of ether oxygens (including phenoxy) is 1. The largest absolute Gasteiger partial charge is 0.372 e. The van der Waals surface area contributed by atoms with Crippen LogP contribution in [0.5, 0.6) is 0 Å². The number of Topliss-reactive ketones (excluding diaryl/α,β-unsaturated/α-hetero) is 1. The first-order chi connectivity index (χ1) is 6.83. The third-order valence-electron chi connectivity index (χ3n) is 2.46. The van der Waals surface area contributed by atoms with Crippen LogP contribution in [0.3, 0.4) is 0 Å². The van der Waals surface area contributed by atoms with E-state index >= 15 is 0 Å². The lowest BCUT2D eigenvalue weighted by Gasteiger charge is -2.13. The standard InChI is InChI=1S/C11H21O2S/c1-2-3-4-5-11(12)10-14-8-6-13-7-9-14/h2-10H2,1H3/q+1. The molecule has 0 bridgehead atoms. The van der Waals surface area contributed by atoms with Gasteiger partial charge in [0.1, 0.15) is 11.5 Å². The third-order valence-corrected chi connectivity index (χ3v) is 4.68. The molecule has 0 atom stereocenters. The van der Waals surface area contributed by atoms with Gasteiger partial charge in [-0.3, -0.25) is 4.79 Å². The van der Waals surface area contributed by atoms with E-state index in [9.17, 15) is 4.79 Å². The van der Waals surface area contributed by atoms with Crippen LogP contribution in [-0.2, 0) is 20.4 Å². The van der Waals surface area contributed by atoms with Gasteiger partial charge < -0.3 is 4.74 Å². The number of ketones is 1. The lowest BCUT2D eigenvalue weighted by molar-refractivity contribution is -0.116. The highest BCUT2D eigenvalue weighted by Gasteiger charge is 2.24. The average molecular weight is 217 g/mol. The van der Waals surface area contributed by atoms with Crippen molar-refractivity contribution >= 4 is 16.7 Å². The summed E-state index contributed by atoms with van der Waals surface area (Å²) in [5, 5.41) is 0. The molecule has 0 unspecified atom stereocenters. The zero-order valence-electron chi connectivity index (χ0n) is 9.09. The van der Waals surface area contributed by atoms with Gasteiger partial charge in [0.25, 0.3) is 0 Å². The zero-order valence-corrected chi connectivity index (χ0v) is 9.91. The summed E-state index contributed by atoms with van der Waals surface area (Å²) in [6, 6.07) is 0. The minimum absolute atomic E-state index is 0.345. The van der Waals surface area contributed by atoms with E-state index < -0.39 is 0 Å². The summed E-state index contributed by atoms with van der Waals surface area (Å²) in [5.74, 6) is 3.52. The lowest BCUT2D eigenvalue weighted by atomic mass is 10.2. The van der Waals surface area contributed by atoms with Crippen molar-refractivity contribution in [3.63, 3.8) is 0 Å². The normalized spacial score (nSPS) is 18.4. The van der Waals surface area contributed by atoms with Crippen molar-refractivity contribution in [3.8, 4) is 0 Å². The second-order valence-corrected chi connectivity index (χ2v) is 6.10. The summed E-state index contributed by atoms with van der Waals surface area (Å²) in [5.41, 5.74) is 0. The fourth-order valence-corrected chi connectivity index (χ4v) is 3.37. The number of unbranched alkanes of at least 4 members (excludes halogenated alkanes) is 2.